The zero-order chi connectivity index (χ0) is 16.4. The predicted octanol–water partition coefficient (Wildman–Crippen LogP) is 3.64. The van der Waals surface area contributed by atoms with Crippen LogP contribution >= 0.6 is 15.9 Å². The van der Waals surface area contributed by atoms with Crippen LogP contribution in [0.3, 0.4) is 0 Å². The Morgan fingerprint density at radius 2 is 1.91 bits per heavy atom. The summed E-state index contributed by atoms with van der Waals surface area (Å²) >= 11 is 3.43. The maximum absolute atomic E-state index is 12.0. The van der Waals surface area contributed by atoms with Crippen molar-refractivity contribution in [3.05, 3.63) is 58.2 Å². The van der Waals surface area contributed by atoms with Crippen LogP contribution in [0.1, 0.15) is 16.1 Å². The van der Waals surface area contributed by atoms with E-state index in [-0.39, 0.29) is 0 Å². The smallest absolute Gasteiger partial charge is 0.359 e. The number of carbonyl (C=O) groups is 1. The number of esters is 1. The van der Waals surface area contributed by atoms with Crippen LogP contribution in [0.15, 0.2) is 46.9 Å². The standard InChI is InChI=1S/C17H15BrN2O3/c1-22-13-6-3-11(4-7-13)10-20-15-8-5-12(18)9-14(15)16(19-20)17(21)23-2/h3-9H,10H2,1-2H3. The average molecular weight is 375 g/mol. The lowest BCUT2D eigenvalue weighted by molar-refractivity contribution is 0.0595. The molecule has 1 aromatic heterocycles. The first-order valence-corrected chi connectivity index (χ1v) is 7.79. The first-order valence-electron chi connectivity index (χ1n) is 6.99. The molecule has 0 amide bonds. The van der Waals surface area contributed by atoms with Gasteiger partial charge < -0.3 is 9.47 Å². The van der Waals surface area contributed by atoms with Gasteiger partial charge in [0.1, 0.15) is 5.75 Å². The van der Waals surface area contributed by atoms with Crippen LogP contribution in [0.2, 0.25) is 0 Å². The van der Waals surface area contributed by atoms with E-state index < -0.39 is 5.97 Å². The summed E-state index contributed by atoms with van der Waals surface area (Å²) in [5, 5.41) is 5.19. The van der Waals surface area contributed by atoms with Crippen LogP contribution in [-0.2, 0) is 11.3 Å². The molecular weight excluding hydrogens is 360 g/mol. The minimum absolute atomic E-state index is 0.317. The lowest BCUT2D eigenvalue weighted by Crippen LogP contribution is -2.06. The lowest BCUT2D eigenvalue weighted by atomic mass is 10.2. The maximum atomic E-state index is 12.0. The molecule has 0 saturated carbocycles. The van der Waals surface area contributed by atoms with Crippen LogP contribution in [0, 0.1) is 0 Å². The van der Waals surface area contributed by atoms with Gasteiger partial charge in [-0.05, 0) is 35.9 Å². The molecule has 2 aromatic carbocycles. The molecule has 1 heterocycles. The minimum Gasteiger partial charge on any atom is -0.497 e. The maximum Gasteiger partial charge on any atom is 0.359 e. The molecule has 3 aromatic rings. The molecule has 0 spiro atoms. The van der Waals surface area contributed by atoms with E-state index in [1.165, 1.54) is 7.11 Å². The van der Waals surface area contributed by atoms with Gasteiger partial charge in [-0.2, -0.15) is 5.10 Å². The van der Waals surface area contributed by atoms with Crippen molar-refractivity contribution in [3.8, 4) is 5.75 Å². The van der Waals surface area contributed by atoms with Gasteiger partial charge >= 0.3 is 5.97 Å². The van der Waals surface area contributed by atoms with E-state index in [4.69, 9.17) is 9.47 Å². The highest BCUT2D eigenvalue weighted by Gasteiger charge is 2.18. The molecule has 6 heteroatoms. The Kier molecular flexibility index (Phi) is 4.34. The lowest BCUT2D eigenvalue weighted by Gasteiger charge is -2.05. The number of nitrogens with zero attached hydrogens (tertiary/aromatic N) is 2. The number of ether oxygens (including phenoxy) is 2. The minimum atomic E-state index is -0.443. The molecule has 0 saturated heterocycles. The van der Waals surface area contributed by atoms with Crippen molar-refractivity contribution < 1.29 is 14.3 Å². The number of fused-ring (bicyclic) bond motifs is 1. The Morgan fingerprint density at radius 3 is 2.57 bits per heavy atom. The summed E-state index contributed by atoms with van der Waals surface area (Å²) in [7, 11) is 2.99. The number of rotatable bonds is 4. The Labute approximate surface area is 141 Å². The zero-order valence-electron chi connectivity index (χ0n) is 12.7. The van der Waals surface area contributed by atoms with Crippen LogP contribution < -0.4 is 4.74 Å². The van der Waals surface area contributed by atoms with Crippen molar-refractivity contribution in [3.63, 3.8) is 0 Å². The molecule has 0 N–H and O–H groups in total. The van der Waals surface area contributed by atoms with Crippen LogP contribution in [0.4, 0.5) is 0 Å². The Bertz CT molecular complexity index is 856. The normalized spacial score (nSPS) is 10.7. The third-order valence-corrected chi connectivity index (χ3v) is 4.08. The molecule has 0 aliphatic rings. The fourth-order valence-corrected chi connectivity index (χ4v) is 2.78. The van der Waals surface area contributed by atoms with Gasteiger partial charge in [-0.25, -0.2) is 4.79 Å². The quantitative estimate of drug-likeness (QED) is 0.654. The van der Waals surface area contributed by atoms with E-state index in [0.29, 0.717) is 12.2 Å². The highest BCUT2D eigenvalue weighted by atomic mass is 79.9. The topological polar surface area (TPSA) is 53.3 Å². The molecule has 5 nitrogen and oxygen atoms in total. The van der Waals surface area contributed by atoms with Crippen molar-refractivity contribution in [1.82, 2.24) is 9.78 Å². The number of halogens is 1. The van der Waals surface area contributed by atoms with Crippen molar-refractivity contribution in [2.45, 2.75) is 6.54 Å². The van der Waals surface area contributed by atoms with Gasteiger partial charge in [0.05, 0.1) is 26.3 Å². The Morgan fingerprint density at radius 1 is 1.17 bits per heavy atom. The van der Waals surface area contributed by atoms with Gasteiger partial charge in [-0.3, -0.25) is 4.68 Å². The zero-order valence-corrected chi connectivity index (χ0v) is 14.3. The molecule has 0 aliphatic carbocycles. The second kappa shape index (κ2) is 6.42. The van der Waals surface area contributed by atoms with Gasteiger partial charge in [0.15, 0.2) is 5.69 Å². The van der Waals surface area contributed by atoms with E-state index in [1.54, 1.807) is 11.8 Å². The van der Waals surface area contributed by atoms with Gasteiger partial charge in [0, 0.05) is 9.86 Å². The summed E-state index contributed by atoms with van der Waals surface area (Å²) in [5.41, 5.74) is 2.26. The van der Waals surface area contributed by atoms with Crippen molar-refractivity contribution in [2.75, 3.05) is 14.2 Å². The van der Waals surface area contributed by atoms with Crippen LogP contribution in [0.25, 0.3) is 10.9 Å². The van der Waals surface area contributed by atoms with Gasteiger partial charge in [-0.1, -0.05) is 28.1 Å². The molecular formula is C17H15BrN2O3. The van der Waals surface area contributed by atoms with Crippen molar-refractivity contribution >= 4 is 32.8 Å². The number of methoxy groups -OCH3 is 2. The van der Waals surface area contributed by atoms with Crippen molar-refractivity contribution in [1.29, 1.82) is 0 Å². The molecule has 118 valence electrons. The first-order chi connectivity index (χ1) is 11.1. The fraction of sp³-hybridized carbons (Fsp3) is 0.176. The summed E-state index contributed by atoms with van der Waals surface area (Å²) < 4.78 is 12.7. The van der Waals surface area contributed by atoms with Gasteiger partial charge in [0.25, 0.3) is 0 Å². The third-order valence-electron chi connectivity index (χ3n) is 3.58. The highest BCUT2D eigenvalue weighted by Crippen LogP contribution is 2.24. The average Bonchev–Trinajstić information content (AvgIpc) is 2.92. The number of hydrogen-bond acceptors (Lipinski definition) is 4. The Balaban J connectivity index is 2.04. The molecule has 0 atom stereocenters. The number of carbonyl (C=O) groups excluding carboxylic acids is 1. The first kappa shape index (κ1) is 15.6. The molecule has 0 bridgehead atoms. The molecule has 0 fully saturated rings. The number of hydrogen-bond donors (Lipinski definition) is 0. The highest BCUT2D eigenvalue weighted by molar-refractivity contribution is 9.10. The second-order valence-corrected chi connectivity index (χ2v) is 5.92. The van der Waals surface area contributed by atoms with E-state index >= 15 is 0 Å². The van der Waals surface area contributed by atoms with E-state index in [9.17, 15) is 4.79 Å². The predicted molar refractivity (Wildman–Crippen MR) is 90.9 cm³/mol. The number of aromatic nitrogens is 2. The largest absolute Gasteiger partial charge is 0.497 e. The Hall–Kier alpha value is -2.34. The van der Waals surface area contributed by atoms with E-state index in [2.05, 4.69) is 21.0 Å². The van der Waals surface area contributed by atoms with E-state index in [0.717, 1.165) is 26.7 Å². The summed E-state index contributed by atoms with van der Waals surface area (Å²) in [6.45, 7) is 0.555. The van der Waals surface area contributed by atoms with Crippen LogP contribution in [0.5, 0.6) is 5.75 Å². The van der Waals surface area contributed by atoms with Gasteiger partial charge in [0.2, 0.25) is 0 Å². The monoisotopic (exact) mass is 374 g/mol. The van der Waals surface area contributed by atoms with Crippen molar-refractivity contribution in [2.24, 2.45) is 0 Å². The molecule has 23 heavy (non-hydrogen) atoms. The number of benzene rings is 2. The summed E-state index contributed by atoms with van der Waals surface area (Å²) in [5.74, 6) is 0.361. The second-order valence-electron chi connectivity index (χ2n) is 5.01. The third kappa shape index (κ3) is 3.07. The molecule has 0 aliphatic heterocycles. The molecule has 0 unspecified atom stereocenters. The molecule has 3 rings (SSSR count). The molecule has 0 radical (unpaired) electrons. The summed E-state index contributed by atoms with van der Waals surface area (Å²) in [6.07, 6.45) is 0. The SMILES string of the molecule is COC(=O)c1nn(Cc2ccc(OC)cc2)c2ccc(Br)cc12. The van der Waals surface area contributed by atoms with Crippen LogP contribution in [-0.4, -0.2) is 30.0 Å². The summed E-state index contributed by atoms with van der Waals surface area (Å²) in [6, 6.07) is 13.5. The van der Waals surface area contributed by atoms with Gasteiger partial charge in [-0.15, -0.1) is 0 Å². The summed E-state index contributed by atoms with van der Waals surface area (Å²) in [4.78, 5) is 12.0. The fourth-order valence-electron chi connectivity index (χ4n) is 2.42. The van der Waals surface area contributed by atoms with E-state index in [1.807, 2.05) is 42.5 Å².